The van der Waals surface area contributed by atoms with E-state index in [1.807, 2.05) is 0 Å². The Bertz CT molecular complexity index is 165. The van der Waals surface area contributed by atoms with E-state index in [0.717, 1.165) is 19.4 Å². The fourth-order valence-corrected chi connectivity index (χ4v) is 2.58. The maximum atomic E-state index is 13.4. The molecule has 0 aromatic carbocycles. The Kier molecular flexibility index (Phi) is 2.33. The average Bonchev–Trinajstić information content (AvgIpc) is 2.52. The lowest BCUT2D eigenvalue weighted by Gasteiger charge is -2.34. The summed E-state index contributed by atoms with van der Waals surface area (Å²) >= 11 is 0. The molecule has 3 heteroatoms. The van der Waals surface area contributed by atoms with Gasteiger partial charge in [0.25, 0.3) is 0 Å². The average molecular weight is 173 g/mol. The summed E-state index contributed by atoms with van der Waals surface area (Å²) in [5.41, 5.74) is 5.55. The van der Waals surface area contributed by atoms with Gasteiger partial charge in [-0.1, -0.05) is 0 Å². The Labute approximate surface area is 72.3 Å². The third-order valence-electron chi connectivity index (χ3n) is 3.27. The topological polar surface area (TPSA) is 35.2 Å². The van der Waals surface area contributed by atoms with Gasteiger partial charge in [0.05, 0.1) is 6.10 Å². The van der Waals surface area contributed by atoms with E-state index < -0.39 is 6.17 Å². The van der Waals surface area contributed by atoms with Crippen molar-refractivity contribution in [1.29, 1.82) is 0 Å². The van der Waals surface area contributed by atoms with Crippen LogP contribution < -0.4 is 5.73 Å². The lowest BCUT2D eigenvalue weighted by molar-refractivity contribution is 0.0102. The van der Waals surface area contributed by atoms with Gasteiger partial charge in [-0.3, -0.25) is 0 Å². The first-order valence-corrected chi connectivity index (χ1v) is 4.78. The van der Waals surface area contributed by atoms with Crippen LogP contribution in [0.1, 0.15) is 19.3 Å². The number of nitrogens with two attached hydrogens (primary N) is 1. The van der Waals surface area contributed by atoms with Crippen molar-refractivity contribution in [2.45, 2.75) is 31.5 Å². The van der Waals surface area contributed by atoms with Crippen LogP contribution in [0.5, 0.6) is 0 Å². The highest BCUT2D eigenvalue weighted by Crippen LogP contribution is 2.39. The molecule has 0 radical (unpaired) electrons. The van der Waals surface area contributed by atoms with Crippen molar-refractivity contribution in [2.24, 2.45) is 17.6 Å². The molecule has 0 amide bonds. The minimum Gasteiger partial charge on any atom is -0.378 e. The molecule has 4 atom stereocenters. The van der Waals surface area contributed by atoms with Crippen LogP contribution in [0.3, 0.4) is 0 Å². The molecule has 0 aromatic rings. The Hall–Kier alpha value is -0.150. The highest BCUT2D eigenvalue weighted by molar-refractivity contribution is 4.91. The fraction of sp³-hybridized carbons (Fsp3) is 1.00. The first-order valence-electron chi connectivity index (χ1n) is 4.78. The minimum atomic E-state index is -0.682. The van der Waals surface area contributed by atoms with E-state index in [2.05, 4.69) is 0 Å². The number of hydrogen-bond acceptors (Lipinski definition) is 2. The third-order valence-corrected chi connectivity index (χ3v) is 3.27. The predicted octanol–water partition coefficient (Wildman–Crippen LogP) is 1.10. The summed E-state index contributed by atoms with van der Waals surface area (Å²) < 4.78 is 18.9. The van der Waals surface area contributed by atoms with Gasteiger partial charge in [0.1, 0.15) is 6.17 Å². The smallest absolute Gasteiger partial charge is 0.105 e. The van der Waals surface area contributed by atoms with Gasteiger partial charge in [0.15, 0.2) is 0 Å². The minimum absolute atomic E-state index is 0.0613. The Morgan fingerprint density at radius 2 is 2.17 bits per heavy atom. The summed E-state index contributed by atoms with van der Waals surface area (Å²) in [4.78, 5) is 0. The molecule has 2 aliphatic rings. The number of alkyl halides is 1. The van der Waals surface area contributed by atoms with Crippen LogP contribution in [0.4, 0.5) is 4.39 Å². The van der Waals surface area contributed by atoms with Gasteiger partial charge in [-0.15, -0.1) is 0 Å². The van der Waals surface area contributed by atoms with Crippen molar-refractivity contribution in [3.05, 3.63) is 0 Å². The summed E-state index contributed by atoms with van der Waals surface area (Å²) in [7, 11) is 0. The molecule has 2 rings (SSSR count). The Morgan fingerprint density at radius 1 is 1.33 bits per heavy atom. The van der Waals surface area contributed by atoms with E-state index in [1.165, 1.54) is 0 Å². The molecule has 1 heterocycles. The third kappa shape index (κ3) is 1.25. The van der Waals surface area contributed by atoms with Crippen LogP contribution in [0, 0.1) is 11.8 Å². The molecule has 1 aliphatic heterocycles. The van der Waals surface area contributed by atoms with Crippen LogP contribution in [-0.4, -0.2) is 25.4 Å². The first kappa shape index (κ1) is 8.45. The van der Waals surface area contributed by atoms with Crippen molar-refractivity contribution in [1.82, 2.24) is 0 Å². The van der Waals surface area contributed by atoms with Crippen molar-refractivity contribution in [2.75, 3.05) is 13.2 Å². The van der Waals surface area contributed by atoms with Gasteiger partial charge in [0.2, 0.25) is 0 Å². The standard InChI is InChI=1S/C9H16FNO/c10-8-1-2-9-6(3-4-12-9)7(8)5-11/h6-9H,1-5,11H2/t6?,7-,8+,9?/m1/s1. The second-order valence-corrected chi connectivity index (χ2v) is 3.85. The molecule has 1 saturated heterocycles. The number of rotatable bonds is 1. The van der Waals surface area contributed by atoms with Crippen LogP contribution in [0.25, 0.3) is 0 Å². The lowest BCUT2D eigenvalue weighted by Crippen LogP contribution is -2.40. The van der Waals surface area contributed by atoms with Crippen LogP contribution in [0.15, 0.2) is 0 Å². The summed E-state index contributed by atoms with van der Waals surface area (Å²) in [6, 6.07) is 0. The van der Waals surface area contributed by atoms with Gasteiger partial charge in [-0.2, -0.15) is 0 Å². The van der Waals surface area contributed by atoms with Crippen LogP contribution in [0.2, 0.25) is 0 Å². The van der Waals surface area contributed by atoms with E-state index in [1.54, 1.807) is 0 Å². The van der Waals surface area contributed by atoms with Gasteiger partial charge in [-0.05, 0) is 31.7 Å². The first-order chi connectivity index (χ1) is 5.83. The Balaban J connectivity index is 2.06. The lowest BCUT2D eigenvalue weighted by atomic mass is 9.76. The van der Waals surface area contributed by atoms with Crippen molar-refractivity contribution in [3.8, 4) is 0 Å². The van der Waals surface area contributed by atoms with Gasteiger partial charge >= 0.3 is 0 Å². The molecule has 70 valence electrons. The van der Waals surface area contributed by atoms with Gasteiger partial charge in [0, 0.05) is 12.5 Å². The van der Waals surface area contributed by atoms with Crippen molar-refractivity contribution < 1.29 is 9.13 Å². The summed E-state index contributed by atoms with van der Waals surface area (Å²) in [6.07, 6.45) is 2.17. The zero-order valence-electron chi connectivity index (χ0n) is 7.21. The fourth-order valence-electron chi connectivity index (χ4n) is 2.58. The summed E-state index contributed by atoms with van der Waals surface area (Å²) in [5, 5.41) is 0. The number of ether oxygens (including phenoxy) is 1. The summed E-state index contributed by atoms with van der Waals surface area (Å²) in [5.74, 6) is 0.463. The molecule has 0 spiro atoms. The SMILES string of the molecule is NC[C@@H]1C2CCOC2CC[C@@H]1F. The molecule has 2 nitrogen and oxygen atoms in total. The van der Waals surface area contributed by atoms with E-state index in [9.17, 15) is 4.39 Å². The quantitative estimate of drug-likeness (QED) is 0.644. The predicted molar refractivity (Wildman–Crippen MR) is 44.5 cm³/mol. The van der Waals surface area contributed by atoms with E-state index >= 15 is 0 Å². The van der Waals surface area contributed by atoms with E-state index in [0.29, 0.717) is 25.0 Å². The van der Waals surface area contributed by atoms with Crippen molar-refractivity contribution >= 4 is 0 Å². The zero-order valence-corrected chi connectivity index (χ0v) is 7.21. The van der Waals surface area contributed by atoms with E-state index in [4.69, 9.17) is 10.5 Å². The highest BCUT2D eigenvalue weighted by atomic mass is 19.1. The Morgan fingerprint density at radius 3 is 2.92 bits per heavy atom. The highest BCUT2D eigenvalue weighted by Gasteiger charge is 2.42. The summed E-state index contributed by atoms with van der Waals surface area (Å²) in [6.45, 7) is 1.28. The van der Waals surface area contributed by atoms with Gasteiger partial charge < -0.3 is 10.5 Å². The van der Waals surface area contributed by atoms with Crippen LogP contribution in [-0.2, 0) is 4.74 Å². The molecule has 1 saturated carbocycles. The molecule has 0 bridgehead atoms. The monoisotopic (exact) mass is 173 g/mol. The zero-order chi connectivity index (χ0) is 8.55. The second kappa shape index (κ2) is 3.30. The molecule has 1 aliphatic carbocycles. The maximum Gasteiger partial charge on any atom is 0.105 e. The normalized spacial score (nSPS) is 47.5. The van der Waals surface area contributed by atoms with Crippen LogP contribution >= 0.6 is 0 Å². The molecule has 12 heavy (non-hydrogen) atoms. The molecular formula is C9H16FNO. The largest absolute Gasteiger partial charge is 0.378 e. The molecule has 2 N–H and O–H groups in total. The molecule has 0 aromatic heterocycles. The molecule has 2 fully saturated rings. The number of fused-ring (bicyclic) bond motifs is 1. The van der Waals surface area contributed by atoms with E-state index in [-0.39, 0.29) is 5.92 Å². The molecule has 2 unspecified atom stereocenters. The number of halogens is 1. The molecular weight excluding hydrogens is 157 g/mol. The number of hydrogen-bond donors (Lipinski definition) is 1. The second-order valence-electron chi connectivity index (χ2n) is 3.85. The maximum absolute atomic E-state index is 13.4. The van der Waals surface area contributed by atoms with Gasteiger partial charge in [-0.25, -0.2) is 4.39 Å². The van der Waals surface area contributed by atoms with Crippen molar-refractivity contribution in [3.63, 3.8) is 0 Å².